The molecule has 0 aliphatic rings. The number of imide groups is 1. The Morgan fingerprint density at radius 2 is 1.68 bits per heavy atom. The van der Waals surface area contributed by atoms with Crippen molar-refractivity contribution in [2.24, 2.45) is 5.73 Å². The number of nitrogens with two attached hydrogens (primary N) is 1. The Kier molecular flexibility index (Phi) is 7.28. The third-order valence-corrected chi connectivity index (χ3v) is 3.57. The van der Waals surface area contributed by atoms with Gasteiger partial charge in [0, 0.05) is 5.56 Å². The normalized spacial score (nSPS) is 9.52. The predicted molar refractivity (Wildman–Crippen MR) is 99.5 cm³/mol. The van der Waals surface area contributed by atoms with Crippen molar-refractivity contribution in [3.05, 3.63) is 59.7 Å². The zero-order valence-electron chi connectivity index (χ0n) is 13.1. The summed E-state index contributed by atoms with van der Waals surface area (Å²) in [6, 6.07) is 11.6. The second-order valence-corrected chi connectivity index (χ2v) is 5.08. The van der Waals surface area contributed by atoms with Crippen LogP contribution in [-0.4, -0.2) is 25.0 Å². The average Bonchev–Trinajstić information content (AvgIpc) is 2.60. The number of primary amides is 1. The van der Waals surface area contributed by atoms with E-state index in [2.05, 4.69) is 18.1 Å². The molecule has 0 aliphatic heterocycles. The number of benzene rings is 2. The van der Waals surface area contributed by atoms with Crippen molar-refractivity contribution in [2.45, 2.75) is 0 Å². The molecule has 0 radical (unpaired) electrons. The molecule has 0 aromatic heterocycles. The van der Waals surface area contributed by atoms with Crippen LogP contribution in [0.4, 0.5) is 10.5 Å². The van der Waals surface area contributed by atoms with E-state index >= 15 is 0 Å². The lowest BCUT2D eigenvalue weighted by Crippen LogP contribution is -2.38. The van der Waals surface area contributed by atoms with Crippen LogP contribution in [0.25, 0.3) is 0 Å². The van der Waals surface area contributed by atoms with Gasteiger partial charge in [0.05, 0.1) is 18.4 Å². The summed E-state index contributed by atoms with van der Waals surface area (Å²) in [5, 5.41) is 2.21. The molecule has 0 saturated carbocycles. The smallest absolute Gasteiger partial charge is 0.338 e. The molecule has 7 nitrogen and oxygen atoms in total. The van der Waals surface area contributed by atoms with Gasteiger partial charge in [0.15, 0.2) is 0 Å². The third-order valence-electron chi connectivity index (χ3n) is 3.16. The molecule has 25 heavy (non-hydrogen) atoms. The van der Waals surface area contributed by atoms with Crippen LogP contribution >= 0.6 is 25.2 Å². The molecule has 4 amide bonds. The summed E-state index contributed by atoms with van der Waals surface area (Å²) < 4.78 is 6.02. The Bertz CT molecular complexity index is 783. The van der Waals surface area contributed by atoms with Gasteiger partial charge in [0.25, 0.3) is 5.91 Å². The van der Waals surface area contributed by atoms with Crippen molar-refractivity contribution in [3.8, 4) is 5.75 Å². The molecule has 0 saturated heterocycles. The lowest BCUT2D eigenvalue weighted by atomic mass is 10.2. The zero-order valence-corrected chi connectivity index (χ0v) is 14.8. The van der Waals surface area contributed by atoms with Crippen LogP contribution in [0.15, 0.2) is 48.5 Å². The first-order valence-electron chi connectivity index (χ1n) is 6.81. The molecule has 0 heterocycles. The Labute approximate surface area is 156 Å². The van der Waals surface area contributed by atoms with Gasteiger partial charge in [-0.2, -0.15) is 0 Å². The van der Waals surface area contributed by atoms with E-state index in [0.717, 1.165) is 4.31 Å². The van der Waals surface area contributed by atoms with E-state index in [0.29, 0.717) is 17.0 Å². The van der Waals surface area contributed by atoms with Crippen molar-refractivity contribution in [1.82, 2.24) is 5.32 Å². The molecule has 3 N–H and O–H groups in total. The quantitative estimate of drug-likeness (QED) is 0.708. The van der Waals surface area contributed by atoms with Gasteiger partial charge in [-0.05, 0) is 36.4 Å². The van der Waals surface area contributed by atoms with Crippen LogP contribution in [-0.2, 0) is 0 Å². The second-order valence-electron chi connectivity index (χ2n) is 4.68. The summed E-state index contributed by atoms with van der Waals surface area (Å²) in [6.07, 6.45) is 0. The molecule has 0 fully saturated rings. The number of halogens is 1. The minimum Gasteiger partial charge on any atom is -0.496 e. The van der Waals surface area contributed by atoms with Gasteiger partial charge >= 0.3 is 6.03 Å². The number of thiol groups is 1. The van der Waals surface area contributed by atoms with Crippen LogP contribution < -0.4 is 20.1 Å². The van der Waals surface area contributed by atoms with Crippen molar-refractivity contribution < 1.29 is 19.1 Å². The van der Waals surface area contributed by atoms with Crippen molar-refractivity contribution in [3.63, 3.8) is 0 Å². The van der Waals surface area contributed by atoms with Gasteiger partial charge in [-0.15, -0.1) is 12.4 Å². The Morgan fingerprint density at radius 1 is 1.08 bits per heavy atom. The van der Waals surface area contributed by atoms with E-state index in [9.17, 15) is 14.4 Å². The summed E-state index contributed by atoms with van der Waals surface area (Å²) in [4.78, 5) is 35.3. The van der Waals surface area contributed by atoms with Crippen LogP contribution in [0.3, 0.4) is 0 Å². The highest BCUT2D eigenvalue weighted by Crippen LogP contribution is 2.19. The van der Waals surface area contributed by atoms with E-state index in [4.69, 9.17) is 10.5 Å². The van der Waals surface area contributed by atoms with E-state index < -0.39 is 17.8 Å². The molecule has 0 atom stereocenters. The van der Waals surface area contributed by atoms with Crippen LogP contribution in [0.2, 0.25) is 0 Å². The predicted octanol–water partition coefficient (Wildman–Crippen LogP) is 2.42. The molecule has 0 bridgehead atoms. The topological polar surface area (TPSA) is 102 Å². The summed E-state index contributed by atoms with van der Waals surface area (Å²) in [6.45, 7) is 0. The van der Waals surface area contributed by atoms with E-state index in [-0.39, 0.29) is 18.0 Å². The highest BCUT2D eigenvalue weighted by atomic mass is 35.5. The van der Waals surface area contributed by atoms with Gasteiger partial charge < -0.3 is 10.5 Å². The lowest BCUT2D eigenvalue weighted by molar-refractivity contribution is 0.0961. The Hall–Kier alpha value is -2.71. The number of hydrogen-bond donors (Lipinski definition) is 3. The number of nitrogens with zero attached hydrogens (tertiary/aromatic N) is 1. The molecule has 0 spiro atoms. The molecule has 0 aliphatic carbocycles. The fraction of sp³-hybridized carbons (Fsp3) is 0.0625. The first-order valence-corrected chi connectivity index (χ1v) is 7.21. The van der Waals surface area contributed by atoms with E-state index in [1.807, 2.05) is 0 Å². The minimum atomic E-state index is -0.749. The number of urea groups is 1. The molecular formula is C16H16ClN3O4S. The maximum atomic E-state index is 12.2. The lowest BCUT2D eigenvalue weighted by Gasteiger charge is -2.16. The minimum absolute atomic E-state index is 0. The maximum Gasteiger partial charge on any atom is 0.338 e. The molecule has 2 aromatic rings. The summed E-state index contributed by atoms with van der Waals surface area (Å²) in [5.41, 5.74) is 6.04. The molecule has 132 valence electrons. The Balaban J connectivity index is 0.00000312. The molecule has 9 heteroatoms. The first kappa shape index (κ1) is 20.3. The average molecular weight is 382 g/mol. The number of carbonyl (C=O) groups excluding carboxylic acids is 3. The number of carbonyl (C=O) groups is 3. The maximum absolute atomic E-state index is 12.2. The first-order chi connectivity index (χ1) is 11.4. The summed E-state index contributed by atoms with van der Waals surface area (Å²) in [5.74, 6) is -0.854. The number of para-hydroxylation sites is 1. The highest BCUT2D eigenvalue weighted by molar-refractivity contribution is 7.82. The van der Waals surface area contributed by atoms with Crippen LogP contribution in [0.5, 0.6) is 5.75 Å². The molecular weight excluding hydrogens is 366 g/mol. The molecule has 2 aromatic carbocycles. The van der Waals surface area contributed by atoms with Gasteiger partial charge in [0.1, 0.15) is 5.75 Å². The number of ether oxygens (including phenoxy) is 1. The summed E-state index contributed by atoms with van der Waals surface area (Å²) in [7, 11) is 1.43. The number of methoxy groups -OCH3 is 1. The van der Waals surface area contributed by atoms with Crippen LogP contribution in [0.1, 0.15) is 20.7 Å². The fourth-order valence-electron chi connectivity index (χ4n) is 1.93. The molecule has 0 unspecified atom stereocenters. The number of nitrogens with one attached hydrogen (secondary N) is 1. The largest absolute Gasteiger partial charge is 0.496 e. The monoisotopic (exact) mass is 381 g/mol. The number of anilines is 1. The van der Waals surface area contributed by atoms with Crippen molar-refractivity contribution in [1.29, 1.82) is 0 Å². The number of amides is 4. The Morgan fingerprint density at radius 3 is 2.24 bits per heavy atom. The number of hydrogen-bond acceptors (Lipinski definition) is 5. The van der Waals surface area contributed by atoms with Crippen molar-refractivity contribution >= 4 is 48.8 Å². The van der Waals surface area contributed by atoms with Gasteiger partial charge in [-0.1, -0.05) is 24.9 Å². The van der Waals surface area contributed by atoms with Gasteiger partial charge in [-0.25, -0.2) is 9.10 Å². The van der Waals surface area contributed by atoms with Gasteiger partial charge in [-0.3, -0.25) is 14.9 Å². The van der Waals surface area contributed by atoms with E-state index in [1.54, 1.807) is 18.2 Å². The van der Waals surface area contributed by atoms with E-state index in [1.165, 1.54) is 37.4 Å². The number of rotatable bonds is 4. The fourth-order valence-corrected chi connectivity index (χ4v) is 2.12. The highest BCUT2D eigenvalue weighted by Gasteiger charge is 2.19. The van der Waals surface area contributed by atoms with Crippen LogP contribution in [0, 0.1) is 0 Å². The second kappa shape index (κ2) is 8.95. The summed E-state index contributed by atoms with van der Waals surface area (Å²) >= 11 is 4.06. The standard InChI is InChI=1S/C16H15N3O4S.ClH/c1-23-13-5-3-2-4-12(13)15(21)18-16(22)19(24)11-8-6-10(7-9-11)14(17)20;/h2-9,24H,1H3,(H2,17,20)(H,18,21,22);1H. The zero-order chi connectivity index (χ0) is 17.7. The van der Waals surface area contributed by atoms with Gasteiger partial charge in [0.2, 0.25) is 5.91 Å². The third kappa shape index (κ3) is 4.88. The van der Waals surface area contributed by atoms with Crippen molar-refractivity contribution in [2.75, 3.05) is 11.4 Å². The SMILES string of the molecule is COc1ccccc1C(=O)NC(=O)N(S)c1ccc(C(N)=O)cc1.Cl. The molecule has 2 rings (SSSR count).